The van der Waals surface area contributed by atoms with Crippen LogP contribution >= 0.6 is 0 Å². The van der Waals surface area contributed by atoms with E-state index in [0.717, 1.165) is 6.26 Å². The molecule has 3 heterocycles. The molecule has 2 aliphatic heterocycles. The lowest BCUT2D eigenvalue weighted by atomic mass is 9.94. The Kier molecular flexibility index (Phi) is 11.5. The van der Waals surface area contributed by atoms with Crippen LogP contribution in [0.2, 0.25) is 0 Å². The predicted octanol–water partition coefficient (Wildman–Crippen LogP) is 3.87. The van der Waals surface area contributed by atoms with E-state index in [4.69, 9.17) is 9.15 Å². The molecule has 3 rings (SSSR count). The first-order valence-corrected chi connectivity index (χ1v) is 13.9. The van der Waals surface area contributed by atoms with Gasteiger partial charge in [-0.15, -0.1) is 13.2 Å². The predicted molar refractivity (Wildman–Crippen MR) is 145 cm³/mol. The van der Waals surface area contributed by atoms with Crippen LogP contribution in [-0.2, 0) is 25.5 Å². The average molecular weight is 598 g/mol. The van der Waals surface area contributed by atoms with Gasteiger partial charge in [0.05, 0.1) is 18.6 Å². The van der Waals surface area contributed by atoms with Crippen molar-refractivity contribution in [2.75, 3.05) is 13.1 Å². The van der Waals surface area contributed by atoms with Crippen molar-refractivity contribution in [3.63, 3.8) is 0 Å². The van der Waals surface area contributed by atoms with Gasteiger partial charge in [-0.25, -0.2) is 9.78 Å². The highest BCUT2D eigenvalue weighted by Crippen LogP contribution is 2.27. The topological polar surface area (TPSA) is 131 Å². The summed E-state index contributed by atoms with van der Waals surface area (Å²) < 4.78 is 54.7. The summed E-state index contributed by atoms with van der Waals surface area (Å²) in [5.41, 5.74) is 0.383. The molecule has 1 fully saturated rings. The van der Waals surface area contributed by atoms with E-state index >= 15 is 0 Å². The number of hydrogen-bond donors (Lipinski definition) is 2. The van der Waals surface area contributed by atoms with Gasteiger partial charge < -0.3 is 24.5 Å². The molecule has 1 aromatic rings. The van der Waals surface area contributed by atoms with Gasteiger partial charge >= 0.3 is 12.3 Å². The molecule has 0 unspecified atom stereocenters. The quantitative estimate of drug-likeness (QED) is 0.492. The van der Waals surface area contributed by atoms with E-state index in [9.17, 15) is 32.7 Å². The van der Waals surface area contributed by atoms with Crippen LogP contribution in [0, 0.1) is 11.8 Å². The number of aliphatic hydroxyl groups is 1. The fourth-order valence-electron chi connectivity index (χ4n) is 5.03. The second kappa shape index (κ2) is 14.6. The highest BCUT2D eigenvalue weighted by atomic mass is 19.4. The van der Waals surface area contributed by atoms with E-state index in [1.54, 1.807) is 25.2 Å². The van der Waals surface area contributed by atoms with Gasteiger partial charge in [0, 0.05) is 25.4 Å². The highest BCUT2D eigenvalue weighted by Gasteiger charge is 2.39. The monoisotopic (exact) mass is 597 g/mol. The van der Waals surface area contributed by atoms with E-state index in [2.05, 4.69) is 15.0 Å². The van der Waals surface area contributed by atoms with Crippen LogP contribution in [0.3, 0.4) is 0 Å². The normalized spacial score (nSPS) is 30.2. The Balaban J connectivity index is 1.91. The Morgan fingerprint density at radius 2 is 1.95 bits per heavy atom. The smallest absolute Gasteiger partial charge is 0.460 e. The van der Waals surface area contributed by atoms with Crippen molar-refractivity contribution in [2.24, 2.45) is 11.8 Å². The van der Waals surface area contributed by atoms with Crippen LogP contribution in [0.25, 0.3) is 0 Å². The molecule has 232 valence electrons. The molecular weight excluding hydrogens is 559 g/mol. The second-order valence-electron chi connectivity index (χ2n) is 10.9. The third-order valence-corrected chi connectivity index (χ3v) is 6.97. The van der Waals surface area contributed by atoms with E-state index in [-0.39, 0.29) is 42.4 Å². The Bertz CT molecular complexity index is 1190. The van der Waals surface area contributed by atoms with Crippen molar-refractivity contribution in [1.29, 1.82) is 0 Å². The third-order valence-electron chi connectivity index (χ3n) is 6.97. The molecule has 2 N–H and O–H groups in total. The molecule has 5 atom stereocenters. The number of cyclic esters (lactones) is 1. The maximum absolute atomic E-state index is 13.3. The lowest BCUT2D eigenvalue weighted by molar-refractivity contribution is -0.344. The number of fused-ring (bicyclic) bond motifs is 3. The summed E-state index contributed by atoms with van der Waals surface area (Å²) in [5.74, 6) is -2.16. The molecule has 42 heavy (non-hydrogen) atoms. The van der Waals surface area contributed by atoms with E-state index in [1.807, 2.05) is 20.8 Å². The van der Waals surface area contributed by atoms with Crippen molar-refractivity contribution in [1.82, 2.24) is 15.2 Å². The van der Waals surface area contributed by atoms with Crippen molar-refractivity contribution in [2.45, 2.75) is 84.1 Å². The van der Waals surface area contributed by atoms with Crippen LogP contribution in [0.5, 0.6) is 0 Å². The Morgan fingerprint density at radius 1 is 1.21 bits per heavy atom. The van der Waals surface area contributed by atoms with Gasteiger partial charge in [-0.2, -0.15) is 0 Å². The largest absolute Gasteiger partial charge is 0.522 e. The molecule has 10 nitrogen and oxygen atoms in total. The molecule has 0 aliphatic carbocycles. The number of aliphatic hydroxyl groups excluding tert-OH is 1. The second-order valence-corrected chi connectivity index (χ2v) is 10.9. The van der Waals surface area contributed by atoms with Crippen molar-refractivity contribution < 1.29 is 46.6 Å². The van der Waals surface area contributed by atoms with Gasteiger partial charge in [0.2, 0.25) is 5.91 Å². The number of halogens is 3. The highest BCUT2D eigenvalue weighted by molar-refractivity contribution is 5.95. The lowest BCUT2D eigenvalue weighted by Gasteiger charge is -2.29. The minimum atomic E-state index is -4.99. The number of ether oxygens (including phenoxy) is 2. The fourth-order valence-corrected chi connectivity index (χ4v) is 5.03. The van der Waals surface area contributed by atoms with Crippen LogP contribution in [-0.4, -0.2) is 76.6 Å². The summed E-state index contributed by atoms with van der Waals surface area (Å²) in [4.78, 5) is 44.2. The number of nitrogens with zero attached hydrogens (tertiary/aromatic N) is 2. The van der Waals surface area contributed by atoms with Gasteiger partial charge in [-0.3, -0.25) is 14.3 Å². The third kappa shape index (κ3) is 9.83. The Morgan fingerprint density at radius 3 is 2.64 bits per heavy atom. The van der Waals surface area contributed by atoms with E-state index in [0.29, 0.717) is 18.4 Å². The standard InChI is InChI=1S/C29H38F3N3O7/c1-17(2)26-19(4)9-10-24(37)33-11-5-7-18(3)13-20(36)14-21(42-29(30,31)32)15-25-34-22(16-40-25)27(38)35-12-6-8-23(35)28(39)41-26/h5,7,9-10,13,16-17,19-21,23,26,36H,6,8,11-12,14-15H2,1-4H3,(H,33,37)/b7-5+,10-9+,18-13+/t19-,20-,21-,23-,26-/m1/s1. The summed E-state index contributed by atoms with van der Waals surface area (Å²) in [6, 6.07) is -0.877. The zero-order valence-corrected chi connectivity index (χ0v) is 24.1. The molecular formula is C29H38F3N3O7. The Labute approximate surface area is 242 Å². The van der Waals surface area contributed by atoms with Crippen LogP contribution in [0.15, 0.2) is 46.6 Å². The number of amides is 2. The summed E-state index contributed by atoms with van der Waals surface area (Å²) in [6.45, 7) is 7.67. The van der Waals surface area contributed by atoms with Crippen molar-refractivity contribution in [3.05, 3.63) is 53.8 Å². The number of hydrogen-bond acceptors (Lipinski definition) is 8. The fraction of sp³-hybridized carbons (Fsp3) is 0.586. The maximum atomic E-state index is 13.3. The SMILES string of the molecule is CC1=C\[C@@H](O)C[C@@H](OC(F)(F)F)Cc2nc(co2)C(=O)N2CCC[C@@H]2C(=O)O[C@H](C(C)C)[C@H](C)/C=C/C(=O)NC\C=C\1. The molecule has 0 radical (unpaired) electrons. The zero-order chi connectivity index (χ0) is 31.0. The first kappa shape index (κ1) is 33.1. The molecule has 13 heteroatoms. The van der Waals surface area contributed by atoms with Gasteiger partial charge in [0.25, 0.3) is 5.91 Å². The summed E-state index contributed by atoms with van der Waals surface area (Å²) in [7, 11) is 0. The minimum Gasteiger partial charge on any atom is -0.460 e. The van der Waals surface area contributed by atoms with Crippen LogP contribution in [0.1, 0.15) is 63.3 Å². The number of carbonyl (C=O) groups excluding carboxylic acids is 3. The number of oxazole rings is 1. The zero-order valence-electron chi connectivity index (χ0n) is 24.1. The number of aromatic nitrogens is 1. The number of allylic oxidation sites excluding steroid dienone is 2. The molecule has 0 aromatic carbocycles. The maximum Gasteiger partial charge on any atom is 0.522 e. The first-order chi connectivity index (χ1) is 19.7. The molecule has 2 bridgehead atoms. The summed E-state index contributed by atoms with van der Waals surface area (Å²) in [6.07, 6.45) is 0.231. The number of esters is 1. The number of carbonyl (C=O) groups is 3. The van der Waals surface area contributed by atoms with Crippen molar-refractivity contribution >= 4 is 17.8 Å². The molecule has 1 saturated heterocycles. The molecule has 0 saturated carbocycles. The van der Waals surface area contributed by atoms with Gasteiger partial charge in [-0.1, -0.05) is 50.6 Å². The van der Waals surface area contributed by atoms with Crippen molar-refractivity contribution in [3.8, 4) is 0 Å². The molecule has 2 amide bonds. The number of nitrogens with one attached hydrogen (secondary N) is 1. The molecule has 0 spiro atoms. The number of alkyl halides is 3. The number of rotatable bonds is 2. The van der Waals surface area contributed by atoms with Crippen LogP contribution in [0.4, 0.5) is 13.2 Å². The minimum absolute atomic E-state index is 0.0882. The molecule has 1 aromatic heterocycles. The van der Waals surface area contributed by atoms with Gasteiger partial charge in [-0.05, 0) is 31.8 Å². The Hall–Kier alpha value is -3.45. The van der Waals surface area contributed by atoms with E-state index in [1.165, 1.54) is 17.1 Å². The van der Waals surface area contributed by atoms with E-state index < -0.39 is 55.4 Å². The van der Waals surface area contributed by atoms with Gasteiger partial charge in [0.15, 0.2) is 11.6 Å². The lowest BCUT2D eigenvalue weighted by Crippen LogP contribution is -2.44. The summed E-state index contributed by atoms with van der Waals surface area (Å²) >= 11 is 0. The molecule has 2 aliphatic rings. The summed E-state index contributed by atoms with van der Waals surface area (Å²) in [5, 5.41) is 13.1. The average Bonchev–Trinajstić information content (AvgIpc) is 3.56. The van der Waals surface area contributed by atoms with Crippen LogP contribution < -0.4 is 5.32 Å². The van der Waals surface area contributed by atoms with Gasteiger partial charge in [0.1, 0.15) is 18.4 Å². The first-order valence-electron chi connectivity index (χ1n) is 13.9.